The van der Waals surface area contributed by atoms with E-state index in [0.717, 1.165) is 55.4 Å². The third-order valence-electron chi connectivity index (χ3n) is 7.15. The van der Waals surface area contributed by atoms with Gasteiger partial charge in [-0.25, -0.2) is 0 Å². The summed E-state index contributed by atoms with van der Waals surface area (Å²) < 4.78 is 15.6. The lowest BCUT2D eigenvalue weighted by atomic mass is 9.93. The molecule has 5 rings (SSSR count). The molecule has 0 aliphatic carbocycles. The molecular weight excluding hydrogens is 561 g/mol. The van der Waals surface area contributed by atoms with Gasteiger partial charge in [0.1, 0.15) is 11.5 Å². The zero-order valence-electron chi connectivity index (χ0n) is 23.7. The van der Waals surface area contributed by atoms with Gasteiger partial charge in [-0.1, -0.05) is 35.3 Å². The standard InChI is InChI=1S/C25H32ClN3O2.C7H5ClO2/c1-28(14-16-30-3)12-4-15-31-20-8-5-18(6-9-20)25-24-21(11-13-29(25)2)22-17-19(26)7-10-23(22)27-24;8-6-1-3-7(4-2-6)10-5-9/h5-10,17,25,27H,4,11-16H2,1-3H3;1-5H. The van der Waals surface area contributed by atoms with Crippen molar-refractivity contribution in [2.45, 2.75) is 18.9 Å². The predicted molar refractivity (Wildman–Crippen MR) is 166 cm³/mol. The molecule has 1 aliphatic rings. The second-order valence-corrected chi connectivity index (χ2v) is 10.9. The number of halogens is 2. The van der Waals surface area contributed by atoms with Crippen LogP contribution in [0, 0.1) is 0 Å². The Labute approximate surface area is 251 Å². The zero-order chi connectivity index (χ0) is 29.2. The number of fused-ring (bicyclic) bond motifs is 3. The van der Waals surface area contributed by atoms with E-state index in [1.54, 1.807) is 31.4 Å². The minimum Gasteiger partial charge on any atom is -0.494 e. The van der Waals surface area contributed by atoms with Crippen LogP contribution in [0.2, 0.25) is 10.0 Å². The minimum atomic E-state index is 0.207. The number of carbonyl (C=O) groups is 1. The first-order chi connectivity index (χ1) is 19.9. The van der Waals surface area contributed by atoms with E-state index in [4.69, 9.17) is 32.7 Å². The van der Waals surface area contributed by atoms with E-state index in [1.807, 2.05) is 6.07 Å². The van der Waals surface area contributed by atoms with Crippen molar-refractivity contribution in [3.05, 3.63) is 93.6 Å². The molecule has 0 fully saturated rings. The fourth-order valence-electron chi connectivity index (χ4n) is 5.00. The Bertz CT molecular complexity index is 1390. The number of hydrogen-bond acceptors (Lipinski definition) is 6. The summed E-state index contributed by atoms with van der Waals surface area (Å²) in [6, 6.07) is 21.4. The number of aromatic amines is 1. The molecule has 1 N–H and O–H groups in total. The first-order valence-corrected chi connectivity index (χ1v) is 14.4. The zero-order valence-corrected chi connectivity index (χ0v) is 25.3. The third-order valence-corrected chi connectivity index (χ3v) is 7.64. The maximum absolute atomic E-state index is 9.80. The summed E-state index contributed by atoms with van der Waals surface area (Å²) in [5, 5.41) is 2.66. The molecule has 41 heavy (non-hydrogen) atoms. The Balaban J connectivity index is 0.000000328. The van der Waals surface area contributed by atoms with Gasteiger partial charge in [-0.15, -0.1) is 0 Å². The molecule has 0 spiro atoms. The smallest absolute Gasteiger partial charge is 0.298 e. The fourth-order valence-corrected chi connectivity index (χ4v) is 5.30. The molecule has 2 heterocycles. The number of aromatic nitrogens is 1. The summed E-state index contributed by atoms with van der Waals surface area (Å²) in [6.45, 7) is 4.82. The third kappa shape index (κ3) is 8.47. The number of rotatable bonds is 11. The van der Waals surface area contributed by atoms with Crippen molar-refractivity contribution < 1.29 is 19.0 Å². The quantitative estimate of drug-likeness (QED) is 0.155. The van der Waals surface area contributed by atoms with Gasteiger partial charge in [-0.05, 0) is 92.7 Å². The van der Waals surface area contributed by atoms with Gasteiger partial charge in [0, 0.05) is 53.4 Å². The Morgan fingerprint density at radius 3 is 2.39 bits per heavy atom. The normalized spacial score (nSPS) is 14.8. The van der Waals surface area contributed by atoms with Gasteiger partial charge in [-0.2, -0.15) is 0 Å². The highest BCUT2D eigenvalue weighted by Crippen LogP contribution is 2.38. The molecule has 1 aliphatic heterocycles. The fraction of sp³-hybridized carbons (Fsp3) is 0.344. The number of methoxy groups -OCH3 is 1. The Morgan fingerprint density at radius 1 is 0.976 bits per heavy atom. The number of likely N-dealkylation sites (N-methyl/N-ethyl adjacent to an activating group) is 2. The van der Waals surface area contributed by atoms with Crippen LogP contribution < -0.4 is 9.47 Å². The van der Waals surface area contributed by atoms with E-state index in [9.17, 15) is 4.79 Å². The molecule has 1 unspecified atom stereocenters. The molecule has 7 nitrogen and oxygen atoms in total. The lowest BCUT2D eigenvalue weighted by molar-refractivity contribution is -0.120. The van der Waals surface area contributed by atoms with Crippen LogP contribution in [0.5, 0.6) is 11.5 Å². The van der Waals surface area contributed by atoms with Crippen molar-refractivity contribution in [1.82, 2.24) is 14.8 Å². The minimum absolute atomic E-state index is 0.207. The van der Waals surface area contributed by atoms with Crippen LogP contribution in [0.4, 0.5) is 0 Å². The molecule has 1 atom stereocenters. The van der Waals surface area contributed by atoms with Crippen LogP contribution in [-0.2, 0) is 16.0 Å². The average molecular weight is 599 g/mol. The van der Waals surface area contributed by atoms with Crippen molar-refractivity contribution in [1.29, 1.82) is 0 Å². The van der Waals surface area contributed by atoms with E-state index in [1.165, 1.54) is 22.2 Å². The highest BCUT2D eigenvalue weighted by Gasteiger charge is 2.29. The molecule has 0 amide bonds. The molecule has 0 radical (unpaired) electrons. The first kappa shape index (κ1) is 30.9. The summed E-state index contributed by atoms with van der Waals surface area (Å²) >= 11 is 11.8. The molecule has 0 saturated carbocycles. The van der Waals surface area contributed by atoms with E-state index in [0.29, 0.717) is 23.9 Å². The molecule has 4 aromatic rings. The van der Waals surface area contributed by atoms with E-state index < -0.39 is 0 Å². The maximum Gasteiger partial charge on any atom is 0.298 e. The number of nitrogens with one attached hydrogen (secondary N) is 1. The van der Waals surface area contributed by atoms with Crippen molar-refractivity contribution in [3.8, 4) is 11.5 Å². The predicted octanol–water partition coefficient (Wildman–Crippen LogP) is 6.62. The number of benzene rings is 3. The van der Waals surface area contributed by atoms with Crippen LogP contribution >= 0.6 is 23.2 Å². The highest BCUT2D eigenvalue weighted by molar-refractivity contribution is 6.31. The van der Waals surface area contributed by atoms with Crippen molar-refractivity contribution >= 4 is 40.6 Å². The van der Waals surface area contributed by atoms with Crippen LogP contribution in [0.15, 0.2) is 66.7 Å². The van der Waals surface area contributed by atoms with Gasteiger partial charge in [0.15, 0.2) is 0 Å². The summed E-state index contributed by atoms with van der Waals surface area (Å²) in [5.41, 5.74) is 5.09. The molecule has 9 heteroatoms. The summed E-state index contributed by atoms with van der Waals surface area (Å²) in [7, 11) is 6.04. The monoisotopic (exact) mass is 597 g/mol. The summed E-state index contributed by atoms with van der Waals surface area (Å²) in [6.07, 6.45) is 2.02. The van der Waals surface area contributed by atoms with E-state index in [2.05, 4.69) is 70.0 Å². The highest BCUT2D eigenvalue weighted by atomic mass is 35.5. The maximum atomic E-state index is 9.80. The van der Waals surface area contributed by atoms with Gasteiger partial charge in [0.2, 0.25) is 0 Å². The molecule has 1 aromatic heterocycles. The topological polar surface area (TPSA) is 67.0 Å². The Kier molecular flexibility index (Phi) is 11.5. The average Bonchev–Trinajstić information content (AvgIpc) is 3.34. The van der Waals surface area contributed by atoms with Gasteiger partial charge in [0.05, 0.1) is 19.3 Å². The molecular formula is C32H37Cl2N3O4. The number of H-pyrrole nitrogens is 1. The largest absolute Gasteiger partial charge is 0.494 e. The number of hydrogen-bond donors (Lipinski definition) is 1. The van der Waals surface area contributed by atoms with E-state index in [-0.39, 0.29) is 6.04 Å². The van der Waals surface area contributed by atoms with Crippen LogP contribution in [-0.4, -0.2) is 75.3 Å². The van der Waals surface area contributed by atoms with Gasteiger partial charge < -0.3 is 24.1 Å². The number of ether oxygens (including phenoxy) is 3. The number of nitrogens with zero attached hydrogens (tertiary/aromatic N) is 2. The van der Waals surface area contributed by atoms with Crippen LogP contribution in [0.25, 0.3) is 10.9 Å². The van der Waals surface area contributed by atoms with Gasteiger partial charge in [0.25, 0.3) is 6.47 Å². The lowest BCUT2D eigenvalue weighted by Gasteiger charge is -2.33. The first-order valence-electron chi connectivity index (χ1n) is 13.7. The number of carbonyl (C=O) groups excluding carboxylic acids is 1. The van der Waals surface area contributed by atoms with Gasteiger partial charge in [-0.3, -0.25) is 9.69 Å². The summed E-state index contributed by atoms with van der Waals surface area (Å²) in [4.78, 5) is 18.1. The molecule has 0 bridgehead atoms. The molecule has 218 valence electrons. The van der Waals surface area contributed by atoms with Crippen LogP contribution in [0.3, 0.4) is 0 Å². The lowest BCUT2D eigenvalue weighted by Crippen LogP contribution is -2.32. The van der Waals surface area contributed by atoms with Crippen LogP contribution in [0.1, 0.15) is 29.3 Å². The second kappa shape index (κ2) is 15.2. The molecule has 0 saturated heterocycles. The second-order valence-electron chi connectivity index (χ2n) is 10.1. The Morgan fingerprint density at radius 2 is 1.68 bits per heavy atom. The van der Waals surface area contributed by atoms with Crippen molar-refractivity contribution in [2.75, 3.05) is 54.1 Å². The summed E-state index contributed by atoms with van der Waals surface area (Å²) in [5.74, 6) is 1.42. The van der Waals surface area contributed by atoms with Crippen molar-refractivity contribution in [3.63, 3.8) is 0 Å². The van der Waals surface area contributed by atoms with Gasteiger partial charge >= 0.3 is 0 Å². The van der Waals surface area contributed by atoms with E-state index >= 15 is 0 Å². The van der Waals surface area contributed by atoms with Crippen molar-refractivity contribution in [2.24, 2.45) is 0 Å². The molecule has 3 aromatic carbocycles. The SMILES string of the molecule is COCCN(C)CCCOc1ccc(C2c3[nH]c4ccc(Cl)cc4c3CCN2C)cc1.O=COc1ccc(Cl)cc1. The Hall–Kier alpha value is -3.07.